The smallest absolute Gasteiger partial charge is 0.0726 e. The number of aromatic amines is 4. The van der Waals surface area contributed by atoms with Gasteiger partial charge in [0.05, 0.1) is 11.4 Å². The lowest BCUT2D eigenvalue weighted by Crippen LogP contribution is -2.10. The maximum Gasteiger partial charge on any atom is 0.0726 e. The second-order valence-electron chi connectivity index (χ2n) is 7.95. The predicted molar refractivity (Wildman–Crippen MR) is 124 cm³/mol. The fourth-order valence-corrected chi connectivity index (χ4v) is 4.03. The van der Waals surface area contributed by atoms with Crippen LogP contribution >= 0.6 is 0 Å². The number of nitrogens with zero attached hydrogens (tertiary/aromatic N) is 1. The van der Waals surface area contributed by atoms with E-state index >= 15 is 0 Å². The third-order valence-corrected chi connectivity index (χ3v) is 5.49. The summed E-state index contributed by atoms with van der Waals surface area (Å²) < 4.78 is 0. The molecule has 0 saturated carbocycles. The Balaban J connectivity index is 1.63. The number of aryl methyl sites for hydroxylation is 1. The fraction of sp³-hybridized carbons (Fsp3) is 0.0385. The van der Waals surface area contributed by atoms with Gasteiger partial charge in [-0.05, 0) is 91.4 Å². The number of hydrogen-bond acceptors (Lipinski definition) is 1. The van der Waals surface area contributed by atoms with E-state index in [0.29, 0.717) is 0 Å². The highest BCUT2D eigenvalue weighted by Gasteiger charge is 2.09. The summed E-state index contributed by atoms with van der Waals surface area (Å²) in [7, 11) is 0. The molecular formula is C26H21N5. The maximum absolute atomic E-state index is 4.61. The van der Waals surface area contributed by atoms with Gasteiger partial charge in [0.1, 0.15) is 0 Å². The van der Waals surface area contributed by atoms with Gasteiger partial charge in [-0.15, -0.1) is 0 Å². The lowest BCUT2D eigenvalue weighted by Gasteiger charge is -2.00. The summed E-state index contributed by atoms with van der Waals surface area (Å²) in [5, 5.41) is 4.16. The molecule has 6 rings (SSSR count). The van der Waals surface area contributed by atoms with E-state index in [1.54, 1.807) is 0 Å². The van der Waals surface area contributed by atoms with E-state index in [-0.39, 0.29) is 0 Å². The van der Waals surface area contributed by atoms with Crippen LogP contribution in [0.5, 0.6) is 0 Å². The molecule has 5 nitrogen and oxygen atoms in total. The predicted octanol–water partition coefficient (Wildman–Crippen LogP) is 2.00. The molecule has 1 aliphatic heterocycles. The minimum Gasteiger partial charge on any atom is -0.355 e. The van der Waals surface area contributed by atoms with E-state index < -0.39 is 0 Å². The van der Waals surface area contributed by atoms with Crippen LogP contribution in [0.3, 0.4) is 0 Å². The Hall–Kier alpha value is -4.25. The first-order chi connectivity index (χ1) is 15.2. The molecule has 0 unspecified atom stereocenters. The van der Waals surface area contributed by atoms with Crippen LogP contribution in [0.4, 0.5) is 0 Å². The summed E-state index contributed by atoms with van der Waals surface area (Å²) in [4.78, 5) is 18.6. The van der Waals surface area contributed by atoms with Crippen LogP contribution in [-0.4, -0.2) is 24.9 Å². The highest BCUT2D eigenvalue weighted by Crippen LogP contribution is 2.24. The largest absolute Gasteiger partial charge is 0.355 e. The maximum atomic E-state index is 4.61. The van der Waals surface area contributed by atoms with E-state index in [1.807, 2.05) is 12.3 Å². The van der Waals surface area contributed by atoms with Gasteiger partial charge < -0.3 is 19.9 Å². The Bertz CT molecular complexity index is 1650. The van der Waals surface area contributed by atoms with Crippen molar-refractivity contribution in [3.8, 4) is 11.3 Å². The molecule has 0 saturated heterocycles. The molecule has 6 heterocycles. The highest BCUT2D eigenvalue weighted by molar-refractivity contribution is 5.74. The van der Waals surface area contributed by atoms with Gasteiger partial charge in [-0.25, -0.2) is 0 Å². The van der Waals surface area contributed by atoms with Crippen molar-refractivity contribution in [1.29, 1.82) is 0 Å². The first kappa shape index (κ1) is 17.6. The molecule has 5 aromatic rings. The van der Waals surface area contributed by atoms with E-state index in [2.05, 4.69) is 105 Å². The zero-order chi connectivity index (χ0) is 20.8. The SMILES string of the molecule is Cc1ccnc(-c2cc3[nH]c2C=c2ccc([nH]2)=Cc2ccc([nH]2)C=c2ccc([nH]2)=C3)c1. The number of H-pyrrole nitrogens is 4. The zero-order valence-electron chi connectivity index (χ0n) is 17.0. The Labute approximate surface area is 178 Å². The van der Waals surface area contributed by atoms with Crippen molar-refractivity contribution in [3.63, 3.8) is 0 Å². The molecule has 0 radical (unpaired) electrons. The topological polar surface area (TPSA) is 76.0 Å². The van der Waals surface area contributed by atoms with Gasteiger partial charge >= 0.3 is 0 Å². The molecule has 0 spiro atoms. The quantitative estimate of drug-likeness (QED) is 0.333. The number of nitrogens with one attached hydrogen (secondary N) is 4. The lowest BCUT2D eigenvalue weighted by molar-refractivity contribution is 1.23. The molecule has 0 fully saturated rings. The Kier molecular flexibility index (Phi) is 3.93. The van der Waals surface area contributed by atoms with Gasteiger partial charge in [0, 0.05) is 50.2 Å². The van der Waals surface area contributed by atoms with Crippen LogP contribution in [-0.2, 0) is 0 Å². The third kappa shape index (κ3) is 3.46. The van der Waals surface area contributed by atoms with E-state index in [9.17, 15) is 0 Å². The summed E-state index contributed by atoms with van der Waals surface area (Å²) in [5.74, 6) is 0. The fourth-order valence-electron chi connectivity index (χ4n) is 4.03. The van der Waals surface area contributed by atoms with Gasteiger partial charge in [-0.2, -0.15) is 0 Å². The van der Waals surface area contributed by atoms with Crippen molar-refractivity contribution in [2.75, 3.05) is 0 Å². The summed E-state index contributed by atoms with van der Waals surface area (Å²) in [5.41, 5.74) is 7.37. The van der Waals surface area contributed by atoms with Crippen molar-refractivity contribution in [1.82, 2.24) is 24.9 Å². The first-order valence-electron chi connectivity index (χ1n) is 10.3. The van der Waals surface area contributed by atoms with Crippen molar-refractivity contribution < 1.29 is 0 Å². The normalized spacial score (nSPS) is 12.4. The zero-order valence-corrected chi connectivity index (χ0v) is 17.0. The van der Waals surface area contributed by atoms with Crippen LogP contribution in [0.15, 0.2) is 60.8 Å². The Morgan fingerprint density at radius 1 is 0.581 bits per heavy atom. The average molecular weight is 403 g/mol. The number of hydrogen-bond donors (Lipinski definition) is 4. The van der Waals surface area contributed by atoms with Gasteiger partial charge in [0.25, 0.3) is 0 Å². The molecule has 5 heteroatoms. The minimum absolute atomic E-state index is 0.956. The van der Waals surface area contributed by atoms with Gasteiger partial charge in [0.15, 0.2) is 0 Å². The molecule has 5 aromatic heterocycles. The van der Waals surface area contributed by atoms with E-state index in [1.165, 1.54) is 5.56 Å². The molecule has 8 bridgehead atoms. The van der Waals surface area contributed by atoms with Gasteiger partial charge in [-0.1, -0.05) is 0 Å². The number of rotatable bonds is 1. The molecule has 150 valence electrons. The first-order valence-corrected chi connectivity index (χ1v) is 10.3. The van der Waals surface area contributed by atoms with Crippen LogP contribution in [0, 0.1) is 6.92 Å². The standard InChI is InChI=1S/C26H21N5/c1-16-8-9-27-25(10-16)24-14-23-13-21-5-4-19(29-21)11-17-2-3-18(28-17)12-20-6-7-22(30-20)15-26(24)31-23/h2-15,28-31H,1H3. The summed E-state index contributed by atoms with van der Waals surface area (Å²) >= 11 is 0. The van der Waals surface area contributed by atoms with Crippen molar-refractivity contribution in [2.24, 2.45) is 0 Å². The Morgan fingerprint density at radius 2 is 1.19 bits per heavy atom. The summed E-state index contributed by atoms with van der Waals surface area (Å²) in [6.07, 6.45) is 10.3. The van der Waals surface area contributed by atoms with Crippen LogP contribution < -0.4 is 21.4 Å². The molecule has 1 aliphatic rings. The highest BCUT2D eigenvalue weighted by atomic mass is 14.8. The molecule has 31 heavy (non-hydrogen) atoms. The minimum atomic E-state index is 0.956. The second kappa shape index (κ2) is 6.92. The van der Waals surface area contributed by atoms with Gasteiger partial charge in [0.2, 0.25) is 0 Å². The van der Waals surface area contributed by atoms with Crippen LogP contribution in [0.25, 0.3) is 35.6 Å². The summed E-state index contributed by atoms with van der Waals surface area (Å²) in [6, 6.07) is 18.8. The van der Waals surface area contributed by atoms with Gasteiger partial charge in [-0.3, -0.25) is 4.98 Å². The van der Waals surface area contributed by atoms with E-state index in [0.717, 1.165) is 55.4 Å². The second-order valence-corrected chi connectivity index (χ2v) is 7.95. The molecule has 0 amide bonds. The van der Waals surface area contributed by atoms with Crippen molar-refractivity contribution in [3.05, 3.63) is 111 Å². The average Bonchev–Trinajstić information content (AvgIpc) is 3.53. The number of fused-ring (bicyclic) bond motifs is 8. The van der Waals surface area contributed by atoms with E-state index in [4.69, 9.17) is 0 Å². The number of pyridine rings is 1. The lowest BCUT2D eigenvalue weighted by atomic mass is 10.1. The Morgan fingerprint density at radius 3 is 1.84 bits per heavy atom. The number of aromatic nitrogens is 5. The van der Waals surface area contributed by atoms with Crippen LogP contribution in [0.1, 0.15) is 28.3 Å². The van der Waals surface area contributed by atoms with Crippen LogP contribution in [0.2, 0.25) is 0 Å². The molecule has 0 aliphatic carbocycles. The summed E-state index contributed by atoms with van der Waals surface area (Å²) in [6.45, 7) is 2.09. The third-order valence-electron chi connectivity index (χ3n) is 5.49. The molecule has 0 atom stereocenters. The molecular weight excluding hydrogens is 382 g/mol. The van der Waals surface area contributed by atoms with Crippen molar-refractivity contribution in [2.45, 2.75) is 6.92 Å². The molecule has 4 N–H and O–H groups in total. The van der Waals surface area contributed by atoms with Crippen molar-refractivity contribution >= 4 is 24.3 Å². The molecule has 0 aromatic carbocycles. The monoisotopic (exact) mass is 403 g/mol.